The van der Waals surface area contributed by atoms with E-state index >= 15 is 0 Å². The lowest BCUT2D eigenvalue weighted by atomic mass is 9.88. The predicted octanol–water partition coefficient (Wildman–Crippen LogP) is 4.26. The van der Waals surface area contributed by atoms with E-state index in [-0.39, 0.29) is 11.9 Å². The molecule has 3 aromatic rings. The van der Waals surface area contributed by atoms with Crippen molar-refractivity contribution < 1.29 is 4.39 Å². The molecule has 1 aromatic heterocycles. The standard InChI is InChI=1S/C18H16FN3/c19-15-9-4-8-14-17(15)20-11-21-18(14)22-16-10-3-6-12-5-1-2-7-13(12)16/h1-2,4-5,7-9,11,16H,3,6,10H2,(H,20,21,22). The summed E-state index contributed by atoms with van der Waals surface area (Å²) in [7, 11) is 0. The third-order valence-electron chi connectivity index (χ3n) is 4.30. The Morgan fingerprint density at radius 3 is 2.91 bits per heavy atom. The van der Waals surface area contributed by atoms with Gasteiger partial charge in [0.15, 0.2) is 0 Å². The number of benzene rings is 2. The first-order valence-corrected chi connectivity index (χ1v) is 7.56. The Balaban J connectivity index is 1.75. The molecule has 1 unspecified atom stereocenters. The van der Waals surface area contributed by atoms with Gasteiger partial charge in [0.25, 0.3) is 0 Å². The van der Waals surface area contributed by atoms with Crippen LogP contribution in [-0.4, -0.2) is 9.97 Å². The highest BCUT2D eigenvalue weighted by molar-refractivity contribution is 5.89. The SMILES string of the molecule is Fc1cccc2c(NC3CCCc4ccccc43)ncnc12. The number of nitrogens with zero attached hydrogens (tertiary/aromatic N) is 2. The zero-order valence-electron chi connectivity index (χ0n) is 12.1. The van der Waals surface area contributed by atoms with E-state index in [2.05, 4.69) is 39.6 Å². The maximum absolute atomic E-state index is 13.9. The summed E-state index contributed by atoms with van der Waals surface area (Å²) in [5.41, 5.74) is 3.07. The Morgan fingerprint density at radius 2 is 1.95 bits per heavy atom. The van der Waals surface area contributed by atoms with Crippen LogP contribution in [0.4, 0.5) is 10.2 Å². The molecule has 110 valence electrons. The van der Waals surface area contributed by atoms with Crippen LogP contribution in [0.2, 0.25) is 0 Å². The summed E-state index contributed by atoms with van der Waals surface area (Å²) < 4.78 is 13.9. The van der Waals surface area contributed by atoms with Crippen molar-refractivity contribution in [3.05, 3.63) is 65.7 Å². The molecule has 0 radical (unpaired) electrons. The highest BCUT2D eigenvalue weighted by Crippen LogP contribution is 2.33. The van der Waals surface area contributed by atoms with Crippen molar-refractivity contribution >= 4 is 16.7 Å². The van der Waals surface area contributed by atoms with E-state index < -0.39 is 0 Å². The van der Waals surface area contributed by atoms with Crippen LogP contribution in [0, 0.1) is 5.82 Å². The average molecular weight is 293 g/mol. The fourth-order valence-electron chi connectivity index (χ4n) is 3.24. The van der Waals surface area contributed by atoms with Gasteiger partial charge in [0.05, 0.1) is 6.04 Å². The minimum absolute atomic E-state index is 0.214. The Labute approximate surface area is 128 Å². The molecule has 0 spiro atoms. The first-order valence-electron chi connectivity index (χ1n) is 7.56. The molecule has 1 heterocycles. The maximum atomic E-state index is 13.9. The van der Waals surface area contributed by atoms with Gasteiger partial charge in [-0.2, -0.15) is 0 Å². The maximum Gasteiger partial charge on any atom is 0.149 e. The minimum Gasteiger partial charge on any atom is -0.363 e. The highest BCUT2D eigenvalue weighted by Gasteiger charge is 2.20. The van der Waals surface area contributed by atoms with Gasteiger partial charge in [-0.3, -0.25) is 0 Å². The number of nitrogens with one attached hydrogen (secondary N) is 1. The van der Waals surface area contributed by atoms with Crippen LogP contribution >= 0.6 is 0 Å². The normalized spacial score (nSPS) is 17.2. The van der Waals surface area contributed by atoms with Crippen molar-refractivity contribution in [2.45, 2.75) is 25.3 Å². The Bertz CT molecular complexity index is 831. The second kappa shape index (κ2) is 5.37. The van der Waals surface area contributed by atoms with Crippen LogP contribution < -0.4 is 5.32 Å². The fourth-order valence-corrected chi connectivity index (χ4v) is 3.24. The number of aromatic nitrogens is 2. The van der Waals surface area contributed by atoms with Crippen molar-refractivity contribution in [2.24, 2.45) is 0 Å². The molecule has 1 atom stereocenters. The number of halogens is 1. The number of rotatable bonds is 2. The summed E-state index contributed by atoms with van der Waals surface area (Å²) >= 11 is 0. The number of hydrogen-bond donors (Lipinski definition) is 1. The second-order valence-electron chi connectivity index (χ2n) is 5.65. The van der Waals surface area contributed by atoms with Crippen molar-refractivity contribution in [3.8, 4) is 0 Å². The molecule has 4 rings (SSSR count). The van der Waals surface area contributed by atoms with Gasteiger partial charge in [0.1, 0.15) is 23.5 Å². The van der Waals surface area contributed by atoms with Gasteiger partial charge in [0, 0.05) is 5.39 Å². The van der Waals surface area contributed by atoms with Crippen molar-refractivity contribution in [3.63, 3.8) is 0 Å². The van der Waals surface area contributed by atoms with E-state index in [1.54, 1.807) is 6.07 Å². The summed E-state index contributed by atoms with van der Waals surface area (Å²) in [4.78, 5) is 8.38. The molecule has 2 aromatic carbocycles. The molecule has 1 aliphatic carbocycles. The van der Waals surface area contributed by atoms with Gasteiger partial charge in [-0.1, -0.05) is 30.3 Å². The number of anilines is 1. The van der Waals surface area contributed by atoms with E-state index in [1.165, 1.54) is 23.5 Å². The molecule has 0 amide bonds. The quantitative estimate of drug-likeness (QED) is 0.767. The lowest BCUT2D eigenvalue weighted by Crippen LogP contribution is -2.18. The van der Waals surface area contributed by atoms with Crippen LogP contribution in [0.25, 0.3) is 10.9 Å². The van der Waals surface area contributed by atoms with Crippen LogP contribution in [0.3, 0.4) is 0 Å². The molecule has 3 nitrogen and oxygen atoms in total. The van der Waals surface area contributed by atoms with Gasteiger partial charge in [0.2, 0.25) is 0 Å². The molecule has 22 heavy (non-hydrogen) atoms. The Kier molecular flexibility index (Phi) is 3.22. The molecular weight excluding hydrogens is 277 g/mol. The van der Waals surface area contributed by atoms with E-state index in [4.69, 9.17) is 0 Å². The van der Waals surface area contributed by atoms with Crippen molar-refractivity contribution in [1.29, 1.82) is 0 Å². The summed E-state index contributed by atoms with van der Waals surface area (Å²) in [6.07, 6.45) is 4.74. The van der Waals surface area contributed by atoms with E-state index in [0.717, 1.165) is 24.6 Å². The topological polar surface area (TPSA) is 37.8 Å². The average Bonchev–Trinajstić information content (AvgIpc) is 2.56. The first-order chi connectivity index (χ1) is 10.8. The van der Waals surface area contributed by atoms with E-state index in [9.17, 15) is 4.39 Å². The van der Waals surface area contributed by atoms with Gasteiger partial charge in [-0.05, 0) is 42.5 Å². The minimum atomic E-state index is -0.313. The third kappa shape index (κ3) is 2.21. The molecule has 4 heteroatoms. The summed E-state index contributed by atoms with van der Waals surface area (Å²) in [6, 6.07) is 13.7. The second-order valence-corrected chi connectivity index (χ2v) is 5.65. The summed E-state index contributed by atoms with van der Waals surface area (Å²) in [6.45, 7) is 0. The van der Waals surface area contributed by atoms with Gasteiger partial charge in [-0.15, -0.1) is 0 Å². The van der Waals surface area contributed by atoms with E-state index in [1.807, 2.05) is 6.07 Å². The lowest BCUT2D eigenvalue weighted by Gasteiger charge is -2.27. The highest BCUT2D eigenvalue weighted by atomic mass is 19.1. The third-order valence-corrected chi connectivity index (χ3v) is 4.30. The number of fused-ring (bicyclic) bond motifs is 2. The van der Waals surface area contributed by atoms with Crippen LogP contribution in [0.1, 0.15) is 30.0 Å². The fraction of sp³-hybridized carbons (Fsp3) is 0.222. The zero-order chi connectivity index (χ0) is 14.9. The molecule has 0 bridgehead atoms. The van der Waals surface area contributed by atoms with Gasteiger partial charge in [-0.25, -0.2) is 14.4 Å². The largest absolute Gasteiger partial charge is 0.363 e. The van der Waals surface area contributed by atoms with Gasteiger partial charge >= 0.3 is 0 Å². The first kappa shape index (κ1) is 13.2. The van der Waals surface area contributed by atoms with Crippen molar-refractivity contribution in [1.82, 2.24) is 9.97 Å². The summed E-state index contributed by atoms with van der Waals surface area (Å²) in [5, 5.41) is 4.22. The smallest absolute Gasteiger partial charge is 0.149 e. The van der Waals surface area contributed by atoms with Gasteiger partial charge < -0.3 is 5.32 Å². The predicted molar refractivity (Wildman–Crippen MR) is 85.2 cm³/mol. The Hall–Kier alpha value is -2.49. The molecule has 0 saturated heterocycles. The molecule has 1 aliphatic rings. The Morgan fingerprint density at radius 1 is 1.05 bits per heavy atom. The summed E-state index contributed by atoms with van der Waals surface area (Å²) in [5.74, 6) is 0.387. The molecule has 0 fully saturated rings. The van der Waals surface area contributed by atoms with E-state index in [0.29, 0.717) is 11.3 Å². The van der Waals surface area contributed by atoms with Crippen molar-refractivity contribution in [2.75, 3.05) is 5.32 Å². The zero-order valence-corrected chi connectivity index (χ0v) is 12.1. The molecular formula is C18H16FN3. The number of aryl methyl sites for hydroxylation is 1. The number of para-hydroxylation sites is 1. The lowest BCUT2D eigenvalue weighted by molar-refractivity contribution is 0.599. The molecule has 0 saturated carbocycles. The number of hydrogen-bond acceptors (Lipinski definition) is 3. The molecule has 1 N–H and O–H groups in total. The van der Waals surface area contributed by atoms with Crippen LogP contribution in [-0.2, 0) is 6.42 Å². The molecule has 0 aliphatic heterocycles. The van der Waals surface area contributed by atoms with Crippen LogP contribution in [0.15, 0.2) is 48.8 Å². The van der Waals surface area contributed by atoms with Crippen LogP contribution in [0.5, 0.6) is 0 Å². The monoisotopic (exact) mass is 293 g/mol.